The predicted molar refractivity (Wildman–Crippen MR) is 112 cm³/mol. The van der Waals surface area contributed by atoms with Crippen molar-refractivity contribution >= 4 is 51.2 Å². The number of benzene rings is 2. The van der Waals surface area contributed by atoms with Crippen LogP contribution in [0, 0.1) is 0 Å². The Balaban J connectivity index is 1.44. The topological polar surface area (TPSA) is 67.2 Å². The maximum Gasteiger partial charge on any atom is 0.218 e. The number of anilines is 1. The Kier molecular flexibility index (Phi) is 4.96. The summed E-state index contributed by atoms with van der Waals surface area (Å²) in [6.45, 7) is 3.29. The second kappa shape index (κ2) is 7.54. The molecule has 27 heavy (non-hydrogen) atoms. The number of rotatable bonds is 2. The molecule has 0 atom stereocenters. The van der Waals surface area contributed by atoms with Crippen LogP contribution in [0.3, 0.4) is 0 Å². The van der Waals surface area contributed by atoms with Gasteiger partial charge in [0.1, 0.15) is 0 Å². The lowest BCUT2D eigenvalue weighted by atomic mass is 10.2. The lowest BCUT2D eigenvalue weighted by molar-refractivity contribution is 0.387. The molecule has 1 aromatic heterocycles. The van der Waals surface area contributed by atoms with Crippen molar-refractivity contribution in [3.8, 4) is 5.88 Å². The summed E-state index contributed by atoms with van der Waals surface area (Å²) in [4.78, 5) is 7.21. The number of hydrogen-bond acceptors (Lipinski definition) is 4. The van der Waals surface area contributed by atoms with Gasteiger partial charge < -0.3 is 19.9 Å². The first-order chi connectivity index (χ1) is 13.1. The lowest BCUT2D eigenvalue weighted by Crippen LogP contribution is -2.47. The summed E-state index contributed by atoms with van der Waals surface area (Å²) < 4.78 is 0. The number of aromatic nitrogens is 1. The molecule has 138 valence electrons. The number of azo groups is 1. The van der Waals surface area contributed by atoms with E-state index in [1.807, 2.05) is 23.1 Å². The van der Waals surface area contributed by atoms with E-state index in [1.54, 1.807) is 18.2 Å². The number of nitrogens with one attached hydrogen (secondary N) is 1. The van der Waals surface area contributed by atoms with Crippen molar-refractivity contribution in [2.75, 3.05) is 31.1 Å². The highest BCUT2D eigenvalue weighted by atomic mass is 35.5. The van der Waals surface area contributed by atoms with Crippen molar-refractivity contribution in [3.05, 3.63) is 53.6 Å². The minimum absolute atomic E-state index is 0.0484. The van der Waals surface area contributed by atoms with Crippen molar-refractivity contribution in [3.63, 3.8) is 0 Å². The van der Waals surface area contributed by atoms with Crippen LogP contribution in [0.4, 0.5) is 11.4 Å². The van der Waals surface area contributed by atoms with E-state index < -0.39 is 0 Å². The molecule has 0 amide bonds. The molecule has 0 unspecified atom stereocenters. The zero-order valence-corrected chi connectivity index (χ0v) is 16.0. The molecular formula is C19H18ClN5OS. The molecule has 0 radical (unpaired) electrons. The van der Waals surface area contributed by atoms with Gasteiger partial charge in [-0.25, -0.2) is 0 Å². The average Bonchev–Trinajstić information content (AvgIpc) is 3.01. The van der Waals surface area contributed by atoms with E-state index in [-0.39, 0.29) is 5.88 Å². The molecule has 2 heterocycles. The zero-order valence-electron chi connectivity index (χ0n) is 14.5. The molecule has 0 aliphatic carbocycles. The molecule has 8 heteroatoms. The maximum absolute atomic E-state index is 10.1. The normalized spacial score (nSPS) is 15.0. The molecule has 2 N–H and O–H groups in total. The highest BCUT2D eigenvalue weighted by Crippen LogP contribution is 2.36. The smallest absolute Gasteiger partial charge is 0.218 e. The highest BCUT2D eigenvalue weighted by molar-refractivity contribution is 7.80. The van der Waals surface area contributed by atoms with Crippen LogP contribution in [0.15, 0.2) is 58.8 Å². The predicted octanol–water partition coefficient (Wildman–Crippen LogP) is 4.72. The molecule has 0 saturated carbocycles. The number of H-pyrrole nitrogens is 1. The summed E-state index contributed by atoms with van der Waals surface area (Å²) in [7, 11) is 0. The summed E-state index contributed by atoms with van der Waals surface area (Å²) >= 11 is 11.5. The van der Waals surface area contributed by atoms with Gasteiger partial charge in [0.2, 0.25) is 11.0 Å². The van der Waals surface area contributed by atoms with Crippen molar-refractivity contribution < 1.29 is 5.11 Å². The van der Waals surface area contributed by atoms with Crippen molar-refractivity contribution in [2.45, 2.75) is 0 Å². The van der Waals surface area contributed by atoms with Gasteiger partial charge in [0.15, 0.2) is 5.69 Å². The monoisotopic (exact) mass is 399 g/mol. The molecule has 1 aliphatic rings. The van der Waals surface area contributed by atoms with Gasteiger partial charge in [-0.1, -0.05) is 29.8 Å². The largest absolute Gasteiger partial charge is 0.493 e. The number of nitrogens with zero attached hydrogens (tertiary/aromatic N) is 4. The van der Waals surface area contributed by atoms with E-state index in [0.717, 1.165) is 31.7 Å². The lowest BCUT2D eigenvalue weighted by Gasteiger charge is -2.36. The Hall–Kier alpha value is -2.64. The quantitative estimate of drug-likeness (QED) is 0.483. The first-order valence-corrected chi connectivity index (χ1v) is 9.41. The number of aromatic amines is 1. The van der Waals surface area contributed by atoms with Crippen LogP contribution in [-0.2, 0) is 0 Å². The van der Waals surface area contributed by atoms with Crippen molar-refractivity contribution in [2.24, 2.45) is 10.2 Å². The number of thiocarbonyl (C=S) groups is 1. The molecule has 4 rings (SSSR count). The minimum atomic E-state index is -0.0484. The standard InChI is InChI=1S/C19H18ClN5OS/c20-13-6-7-16-15(12-13)17(18(26)21-16)22-23-19(27)25-10-8-24(9-11-25)14-4-2-1-3-5-14/h1-7,12,21,26H,8-11H2. The van der Waals surface area contributed by atoms with Gasteiger partial charge in [-0.3, -0.25) is 0 Å². The summed E-state index contributed by atoms with van der Waals surface area (Å²) in [5.74, 6) is -0.0484. The van der Waals surface area contributed by atoms with Gasteiger partial charge in [-0.2, -0.15) is 0 Å². The molecule has 2 aromatic carbocycles. The number of piperazine rings is 1. The molecule has 0 bridgehead atoms. The van der Waals surface area contributed by atoms with Crippen LogP contribution in [0.5, 0.6) is 5.88 Å². The van der Waals surface area contributed by atoms with E-state index in [1.165, 1.54) is 5.69 Å². The van der Waals surface area contributed by atoms with Crippen molar-refractivity contribution in [1.82, 2.24) is 9.88 Å². The van der Waals surface area contributed by atoms with Gasteiger partial charge in [-0.05, 0) is 42.5 Å². The Morgan fingerprint density at radius 1 is 1.07 bits per heavy atom. The van der Waals surface area contributed by atoms with Gasteiger partial charge in [0, 0.05) is 42.3 Å². The Morgan fingerprint density at radius 2 is 1.81 bits per heavy atom. The first kappa shape index (κ1) is 17.8. The van der Waals surface area contributed by atoms with E-state index in [4.69, 9.17) is 23.8 Å². The SMILES string of the molecule is Oc1[nH]c2ccc(Cl)cc2c1N=NC(=S)N1CCN(c2ccccc2)CC1. The molecule has 1 saturated heterocycles. The Morgan fingerprint density at radius 3 is 2.56 bits per heavy atom. The third kappa shape index (κ3) is 3.74. The molecular weight excluding hydrogens is 382 g/mol. The molecule has 1 aliphatic heterocycles. The van der Waals surface area contributed by atoms with Gasteiger partial charge in [0.05, 0.1) is 5.52 Å². The van der Waals surface area contributed by atoms with E-state index >= 15 is 0 Å². The zero-order chi connectivity index (χ0) is 18.8. The number of halogens is 1. The van der Waals surface area contributed by atoms with Gasteiger partial charge >= 0.3 is 0 Å². The highest BCUT2D eigenvalue weighted by Gasteiger charge is 2.19. The van der Waals surface area contributed by atoms with Crippen molar-refractivity contribution in [1.29, 1.82) is 0 Å². The van der Waals surface area contributed by atoms with Gasteiger partial charge in [0.25, 0.3) is 0 Å². The fraction of sp³-hybridized carbons (Fsp3) is 0.211. The summed E-state index contributed by atoms with van der Waals surface area (Å²) in [5.41, 5.74) is 2.30. The minimum Gasteiger partial charge on any atom is -0.493 e. The first-order valence-electron chi connectivity index (χ1n) is 8.62. The maximum atomic E-state index is 10.1. The van der Waals surface area contributed by atoms with Crippen LogP contribution < -0.4 is 4.90 Å². The van der Waals surface area contributed by atoms with Crippen LogP contribution in [0.25, 0.3) is 10.9 Å². The van der Waals surface area contributed by atoms with Gasteiger partial charge in [-0.15, -0.1) is 10.2 Å². The number of hydrogen-bond donors (Lipinski definition) is 2. The van der Waals surface area contributed by atoms with Crippen LogP contribution in [-0.4, -0.2) is 46.3 Å². The fourth-order valence-electron chi connectivity index (χ4n) is 3.19. The molecule has 3 aromatic rings. The fourth-order valence-corrected chi connectivity index (χ4v) is 3.58. The van der Waals surface area contributed by atoms with E-state index in [0.29, 0.717) is 21.2 Å². The number of aromatic hydroxyl groups is 1. The summed E-state index contributed by atoms with van der Waals surface area (Å²) in [6.07, 6.45) is 0. The average molecular weight is 400 g/mol. The van der Waals surface area contributed by atoms with E-state index in [2.05, 4.69) is 32.2 Å². The van der Waals surface area contributed by atoms with E-state index in [9.17, 15) is 5.11 Å². The van der Waals surface area contributed by atoms with Crippen LogP contribution >= 0.6 is 23.8 Å². The number of para-hydroxylation sites is 1. The van der Waals surface area contributed by atoms with Crippen LogP contribution in [0.2, 0.25) is 5.02 Å². The molecule has 1 fully saturated rings. The molecule has 6 nitrogen and oxygen atoms in total. The van der Waals surface area contributed by atoms with Crippen LogP contribution in [0.1, 0.15) is 0 Å². The molecule has 0 spiro atoms. The summed E-state index contributed by atoms with van der Waals surface area (Å²) in [6, 6.07) is 15.6. The second-order valence-corrected chi connectivity index (χ2v) is 7.11. The Labute approximate surface area is 167 Å². The second-order valence-electron chi connectivity index (χ2n) is 6.30. The third-order valence-corrected chi connectivity index (χ3v) is 5.20. The Bertz CT molecular complexity index is 996. The number of fused-ring (bicyclic) bond motifs is 1. The third-order valence-electron chi connectivity index (χ3n) is 4.62. The summed E-state index contributed by atoms with van der Waals surface area (Å²) in [5, 5.41) is 20.1.